The summed E-state index contributed by atoms with van der Waals surface area (Å²) < 4.78 is 99.5. The lowest BCUT2D eigenvalue weighted by Crippen LogP contribution is -2.44. The second-order valence-corrected chi connectivity index (χ2v) is 4.51. The molecule has 0 aromatic heterocycles. The second kappa shape index (κ2) is 5.80. The number of carbonyl (C=O) groups is 1. The van der Waals surface area contributed by atoms with E-state index in [-0.39, 0.29) is 13.1 Å². The normalized spacial score (nSPS) is 18.9. The van der Waals surface area contributed by atoms with Gasteiger partial charge in [-0.25, -0.2) is 0 Å². The number of halogens is 8. The van der Waals surface area contributed by atoms with Crippen LogP contribution in [-0.4, -0.2) is 42.2 Å². The van der Waals surface area contributed by atoms with Crippen molar-refractivity contribution in [1.29, 1.82) is 0 Å². The first kappa shape index (κ1) is 17.7. The van der Waals surface area contributed by atoms with Gasteiger partial charge in [-0.05, 0) is 19.3 Å². The van der Waals surface area contributed by atoms with Crippen molar-refractivity contribution in [1.82, 2.24) is 4.90 Å². The molecule has 1 aliphatic heterocycles. The Morgan fingerprint density at radius 3 is 1.71 bits per heavy atom. The molecule has 0 N–H and O–H groups in total. The average molecular weight is 325 g/mol. The summed E-state index contributed by atoms with van der Waals surface area (Å²) in [6, 6.07) is 0. The summed E-state index contributed by atoms with van der Waals surface area (Å²) in [6.07, 6.45) is -11.4. The zero-order valence-electron chi connectivity index (χ0n) is 10.5. The molecule has 0 aliphatic carbocycles. The van der Waals surface area contributed by atoms with E-state index < -0.39 is 35.8 Å². The molecule has 0 unspecified atom stereocenters. The molecule has 0 radical (unpaired) electrons. The maximum Gasteiger partial charge on any atom is 0.458 e. The van der Waals surface area contributed by atoms with Crippen molar-refractivity contribution in [2.75, 3.05) is 13.1 Å². The number of amides is 1. The Morgan fingerprint density at radius 2 is 1.33 bits per heavy atom. The zero-order chi connectivity index (χ0) is 16.5. The van der Waals surface area contributed by atoms with Gasteiger partial charge < -0.3 is 4.90 Å². The summed E-state index contributed by atoms with van der Waals surface area (Å²) in [7, 11) is 0. The molecule has 1 heterocycles. The van der Waals surface area contributed by atoms with E-state index >= 15 is 0 Å². The fourth-order valence-corrected chi connectivity index (χ4v) is 1.83. The average Bonchev–Trinajstić information content (AvgIpc) is 2.33. The summed E-state index contributed by atoms with van der Waals surface area (Å²) in [5.41, 5.74) is -3.20. The fraction of sp³-hybridized carbons (Fsp3) is 0.727. The van der Waals surface area contributed by atoms with Crippen LogP contribution in [0.3, 0.4) is 0 Å². The van der Waals surface area contributed by atoms with Gasteiger partial charge in [-0.1, -0.05) is 0 Å². The van der Waals surface area contributed by atoms with Gasteiger partial charge in [-0.15, -0.1) is 0 Å². The van der Waals surface area contributed by atoms with Crippen molar-refractivity contribution in [2.24, 2.45) is 0 Å². The monoisotopic (exact) mass is 325 g/mol. The highest BCUT2D eigenvalue weighted by Gasteiger charge is 2.66. The fourth-order valence-electron chi connectivity index (χ4n) is 1.83. The molecule has 0 spiro atoms. The van der Waals surface area contributed by atoms with Crippen LogP contribution in [0.2, 0.25) is 0 Å². The predicted molar refractivity (Wildman–Crippen MR) is 55.6 cm³/mol. The molecular weight excluding hydrogens is 314 g/mol. The third kappa shape index (κ3) is 4.07. The van der Waals surface area contributed by atoms with Crippen LogP contribution in [0.15, 0.2) is 11.6 Å². The molecule has 10 heteroatoms. The van der Waals surface area contributed by atoms with E-state index in [4.69, 9.17) is 0 Å². The lowest BCUT2D eigenvalue weighted by Gasteiger charge is -2.28. The molecule has 0 aromatic carbocycles. The Hall–Kier alpha value is -1.35. The van der Waals surface area contributed by atoms with Crippen LogP contribution in [-0.2, 0) is 4.79 Å². The number of carbonyl (C=O) groups excluding carboxylic acids is 1. The van der Waals surface area contributed by atoms with Gasteiger partial charge in [0.25, 0.3) is 0 Å². The lowest BCUT2D eigenvalue weighted by molar-refractivity contribution is -0.281. The SMILES string of the molecule is O=C(/C=C(\C(F)(F)F)C(F)(F)C(F)(F)F)N1CCCCC1. The Kier molecular flexibility index (Phi) is 4.89. The number of hydrogen-bond donors (Lipinski definition) is 0. The van der Waals surface area contributed by atoms with E-state index in [0.717, 1.165) is 4.90 Å². The summed E-state index contributed by atoms with van der Waals surface area (Å²) in [5.74, 6) is -7.64. The van der Waals surface area contributed by atoms with Crippen molar-refractivity contribution < 1.29 is 39.9 Å². The Balaban J connectivity index is 3.14. The number of rotatable bonds is 2. The van der Waals surface area contributed by atoms with Crippen LogP contribution in [0.4, 0.5) is 35.1 Å². The van der Waals surface area contributed by atoms with Crippen LogP contribution >= 0.6 is 0 Å². The van der Waals surface area contributed by atoms with E-state index in [1.807, 2.05) is 0 Å². The van der Waals surface area contributed by atoms with Crippen molar-refractivity contribution in [3.8, 4) is 0 Å². The maximum absolute atomic E-state index is 12.9. The van der Waals surface area contributed by atoms with Gasteiger partial charge in [0.05, 0.1) is 0 Å². The number of nitrogens with zero attached hydrogens (tertiary/aromatic N) is 1. The van der Waals surface area contributed by atoms with Crippen LogP contribution in [0.1, 0.15) is 19.3 Å². The first-order valence-corrected chi connectivity index (χ1v) is 5.90. The highest BCUT2D eigenvalue weighted by atomic mass is 19.4. The van der Waals surface area contributed by atoms with Gasteiger partial charge in [0.1, 0.15) is 5.57 Å². The second-order valence-electron chi connectivity index (χ2n) is 4.51. The zero-order valence-corrected chi connectivity index (χ0v) is 10.5. The van der Waals surface area contributed by atoms with Crippen molar-refractivity contribution in [2.45, 2.75) is 37.5 Å². The Bertz CT molecular complexity index is 417. The topological polar surface area (TPSA) is 20.3 Å². The molecule has 0 atom stereocenters. The van der Waals surface area contributed by atoms with E-state index in [1.165, 1.54) is 0 Å². The quantitative estimate of drug-likeness (QED) is 0.560. The van der Waals surface area contributed by atoms with Crippen LogP contribution in [0, 0.1) is 0 Å². The molecule has 0 aromatic rings. The van der Waals surface area contributed by atoms with E-state index in [0.29, 0.717) is 19.3 Å². The minimum atomic E-state index is -6.43. The predicted octanol–water partition coefficient (Wildman–Crippen LogP) is 3.69. The van der Waals surface area contributed by atoms with Crippen molar-refractivity contribution in [3.05, 3.63) is 11.6 Å². The summed E-state index contributed by atoms with van der Waals surface area (Å²) in [4.78, 5) is 12.3. The summed E-state index contributed by atoms with van der Waals surface area (Å²) >= 11 is 0. The van der Waals surface area contributed by atoms with Gasteiger partial charge >= 0.3 is 18.3 Å². The van der Waals surface area contributed by atoms with Crippen molar-refractivity contribution in [3.63, 3.8) is 0 Å². The molecular formula is C11H11F8NO. The van der Waals surface area contributed by atoms with Crippen LogP contribution < -0.4 is 0 Å². The molecule has 1 aliphatic rings. The number of hydrogen-bond acceptors (Lipinski definition) is 1. The number of alkyl halides is 8. The van der Waals surface area contributed by atoms with Gasteiger partial charge in [0, 0.05) is 19.2 Å². The van der Waals surface area contributed by atoms with Crippen molar-refractivity contribution >= 4 is 5.91 Å². The molecule has 1 rings (SSSR count). The summed E-state index contributed by atoms with van der Waals surface area (Å²) in [5, 5.41) is 0. The summed E-state index contributed by atoms with van der Waals surface area (Å²) in [6.45, 7) is 0.0517. The smallest absolute Gasteiger partial charge is 0.339 e. The third-order valence-corrected chi connectivity index (χ3v) is 2.94. The highest BCUT2D eigenvalue weighted by Crippen LogP contribution is 2.47. The van der Waals surface area contributed by atoms with E-state index in [1.54, 1.807) is 0 Å². The molecule has 1 amide bonds. The molecule has 21 heavy (non-hydrogen) atoms. The van der Waals surface area contributed by atoms with Crippen LogP contribution in [0.5, 0.6) is 0 Å². The van der Waals surface area contributed by atoms with Gasteiger partial charge in [0.2, 0.25) is 5.91 Å². The lowest BCUT2D eigenvalue weighted by atomic mass is 10.1. The molecule has 0 bridgehead atoms. The third-order valence-electron chi connectivity index (χ3n) is 2.94. The minimum Gasteiger partial charge on any atom is -0.339 e. The molecule has 2 nitrogen and oxygen atoms in total. The molecule has 1 fully saturated rings. The minimum absolute atomic E-state index is 0.0259. The van der Waals surface area contributed by atoms with Gasteiger partial charge in [-0.2, -0.15) is 35.1 Å². The standard InChI is InChI=1S/C11H11F8NO/c12-9(13,11(17,18)19)7(10(14,15)16)6-8(21)20-4-2-1-3-5-20/h6H,1-5H2/b7-6-. The van der Waals surface area contributed by atoms with Gasteiger partial charge in [0.15, 0.2) is 0 Å². The van der Waals surface area contributed by atoms with Gasteiger partial charge in [-0.3, -0.25) is 4.79 Å². The van der Waals surface area contributed by atoms with Crippen LogP contribution in [0.25, 0.3) is 0 Å². The van der Waals surface area contributed by atoms with E-state index in [2.05, 4.69) is 0 Å². The first-order valence-electron chi connectivity index (χ1n) is 5.90. The highest BCUT2D eigenvalue weighted by molar-refractivity contribution is 5.88. The first-order chi connectivity index (χ1) is 9.37. The molecule has 122 valence electrons. The number of allylic oxidation sites excluding steroid dienone is 1. The number of likely N-dealkylation sites (tertiary alicyclic amines) is 1. The Morgan fingerprint density at radius 1 is 0.857 bits per heavy atom. The molecule has 0 saturated carbocycles. The van der Waals surface area contributed by atoms with E-state index in [9.17, 15) is 39.9 Å². The molecule has 1 saturated heterocycles. The Labute approximate surface area is 114 Å². The maximum atomic E-state index is 12.9. The largest absolute Gasteiger partial charge is 0.458 e. The number of piperidine rings is 1.